The molecule has 1 saturated carbocycles. The van der Waals surface area contributed by atoms with Crippen LogP contribution in [-0.2, 0) is 16.1 Å². The highest BCUT2D eigenvalue weighted by atomic mass is 32.2. The van der Waals surface area contributed by atoms with Crippen molar-refractivity contribution in [1.82, 2.24) is 25.4 Å². The van der Waals surface area contributed by atoms with Gasteiger partial charge in [0.25, 0.3) is 0 Å². The van der Waals surface area contributed by atoms with Crippen molar-refractivity contribution in [3.05, 3.63) is 24.3 Å². The molecule has 2 aromatic rings. The molecule has 2 N–H and O–H groups in total. The van der Waals surface area contributed by atoms with Gasteiger partial charge in [-0.1, -0.05) is 31.0 Å². The van der Waals surface area contributed by atoms with Crippen molar-refractivity contribution in [2.24, 2.45) is 0 Å². The quantitative estimate of drug-likeness (QED) is 0.566. The zero-order valence-electron chi connectivity index (χ0n) is 18.9. The van der Waals surface area contributed by atoms with Gasteiger partial charge in [-0.15, -0.1) is 10.2 Å². The minimum absolute atomic E-state index is 0.0738. The summed E-state index contributed by atoms with van der Waals surface area (Å²) in [5.41, 5.74) is 0.907. The van der Waals surface area contributed by atoms with Crippen molar-refractivity contribution in [1.29, 1.82) is 0 Å². The number of imide groups is 1. The predicted octanol–water partition coefficient (Wildman–Crippen LogP) is 3.38. The molecular formula is C23H31N5O4S. The minimum Gasteiger partial charge on any atom is -0.497 e. The lowest BCUT2D eigenvalue weighted by Crippen LogP contribution is -2.45. The number of carbonyl (C=O) groups excluding carboxylic acids is 2. The van der Waals surface area contributed by atoms with E-state index in [0.717, 1.165) is 56.4 Å². The van der Waals surface area contributed by atoms with Crippen LogP contribution >= 0.6 is 11.8 Å². The first kappa shape index (κ1) is 23.6. The molecule has 2 heterocycles. The van der Waals surface area contributed by atoms with E-state index in [4.69, 9.17) is 9.47 Å². The van der Waals surface area contributed by atoms with Crippen LogP contribution in [0.15, 0.2) is 29.4 Å². The normalized spacial score (nSPS) is 18.8. The molecule has 0 spiro atoms. The van der Waals surface area contributed by atoms with E-state index < -0.39 is 6.03 Å². The molecule has 3 amide bonds. The van der Waals surface area contributed by atoms with Crippen LogP contribution in [0.4, 0.5) is 4.79 Å². The number of carbonyl (C=O) groups is 2. The second-order valence-electron chi connectivity index (χ2n) is 8.43. The maximum Gasteiger partial charge on any atom is 0.321 e. The number of urea groups is 1. The molecule has 33 heavy (non-hydrogen) atoms. The Morgan fingerprint density at radius 2 is 1.91 bits per heavy atom. The third kappa shape index (κ3) is 6.48. The minimum atomic E-state index is -0.424. The van der Waals surface area contributed by atoms with Crippen LogP contribution in [0.3, 0.4) is 0 Å². The van der Waals surface area contributed by atoms with Gasteiger partial charge in [-0.3, -0.25) is 14.7 Å². The molecule has 1 aromatic carbocycles. The summed E-state index contributed by atoms with van der Waals surface area (Å²) in [6, 6.07) is 7.36. The van der Waals surface area contributed by atoms with Gasteiger partial charge < -0.3 is 14.8 Å². The summed E-state index contributed by atoms with van der Waals surface area (Å²) in [6.07, 6.45) is 7.48. The Labute approximate surface area is 198 Å². The van der Waals surface area contributed by atoms with E-state index in [1.807, 2.05) is 28.8 Å². The number of amides is 3. The zero-order valence-corrected chi connectivity index (χ0v) is 19.7. The molecule has 0 bridgehead atoms. The van der Waals surface area contributed by atoms with E-state index in [-0.39, 0.29) is 23.8 Å². The number of nitrogens with one attached hydrogen (secondary N) is 2. The Morgan fingerprint density at radius 3 is 2.61 bits per heavy atom. The van der Waals surface area contributed by atoms with Gasteiger partial charge in [0, 0.05) is 18.2 Å². The number of ether oxygens (including phenoxy) is 2. The van der Waals surface area contributed by atoms with Crippen LogP contribution in [0.25, 0.3) is 11.4 Å². The number of thioether (sulfide) groups is 1. The first-order chi connectivity index (χ1) is 16.1. The van der Waals surface area contributed by atoms with Gasteiger partial charge in [0.15, 0.2) is 11.0 Å². The van der Waals surface area contributed by atoms with Gasteiger partial charge in [0.1, 0.15) is 5.75 Å². The predicted molar refractivity (Wildman–Crippen MR) is 125 cm³/mol. The number of hydrogen-bond acceptors (Lipinski definition) is 7. The van der Waals surface area contributed by atoms with Crippen LogP contribution in [-0.4, -0.2) is 58.3 Å². The van der Waals surface area contributed by atoms with E-state index in [1.165, 1.54) is 18.2 Å². The molecule has 0 radical (unpaired) electrons. The van der Waals surface area contributed by atoms with Gasteiger partial charge >= 0.3 is 6.03 Å². The molecule has 1 atom stereocenters. The standard InChI is InChI=1S/C23H31N5O4S/c1-31-18-11-9-16(10-12-18)21-26-27-23(28(21)14-19-8-5-13-32-19)33-15-20(29)25-22(30)24-17-6-3-2-4-7-17/h9-12,17,19H,2-8,13-15H2,1H3,(H2,24,25,29,30). The van der Waals surface area contributed by atoms with Crippen LogP contribution in [0.2, 0.25) is 0 Å². The topological polar surface area (TPSA) is 107 Å². The molecule has 1 saturated heterocycles. The van der Waals surface area contributed by atoms with Crippen molar-refractivity contribution in [2.45, 2.75) is 68.8 Å². The molecule has 4 rings (SSSR count). The fourth-order valence-electron chi connectivity index (χ4n) is 4.27. The van der Waals surface area contributed by atoms with E-state index in [1.54, 1.807) is 7.11 Å². The van der Waals surface area contributed by atoms with Crippen LogP contribution in [0, 0.1) is 0 Å². The van der Waals surface area contributed by atoms with Crippen molar-refractivity contribution in [2.75, 3.05) is 19.5 Å². The van der Waals surface area contributed by atoms with Crippen LogP contribution in [0.5, 0.6) is 5.75 Å². The summed E-state index contributed by atoms with van der Waals surface area (Å²) in [7, 11) is 1.63. The van der Waals surface area contributed by atoms with Gasteiger partial charge in [-0.2, -0.15) is 0 Å². The van der Waals surface area contributed by atoms with Crippen molar-refractivity contribution in [3.63, 3.8) is 0 Å². The Balaban J connectivity index is 1.39. The number of benzene rings is 1. The monoisotopic (exact) mass is 473 g/mol. The van der Waals surface area contributed by atoms with Crippen LogP contribution < -0.4 is 15.4 Å². The molecule has 2 aliphatic rings. The van der Waals surface area contributed by atoms with Crippen molar-refractivity contribution < 1.29 is 19.1 Å². The Hall–Kier alpha value is -2.59. The lowest BCUT2D eigenvalue weighted by Gasteiger charge is -2.22. The largest absolute Gasteiger partial charge is 0.497 e. The number of aromatic nitrogens is 3. The molecule has 178 valence electrons. The highest BCUT2D eigenvalue weighted by Crippen LogP contribution is 2.27. The molecule has 2 fully saturated rings. The van der Waals surface area contributed by atoms with Crippen molar-refractivity contribution in [3.8, 4) is 17.1 Å². The summed E-state index contributed by atoms with van der Waals surface area (Å²) in [6.45, 7) is 1.37. The third-order valence-corrected chi connectivity index (χ3v) is 6.97. The molecule has 1 aliphatic carbocycles. The number of nitrogens with zero attached hydrogens (tertiary/aromatic N) is 3. The molecule has 10 heteroatoms. The SMILES string of the molecule is COc1ccc(-c2nnc(SCC(=O)NC(=O)NC3CCCCC3)n2CC2CCCO2)cc1. The average molecular weight is 474 g/mol. The van der Waals surface area contributed by atoms with E-state index >= 15 is 0 Å². The fraction of sp³-hybridized carbons (Fsp3) is 0.565. The third-order valence-electron chi connectivity index (χ3n) is 6.00. The van der Waals surface area contributed by atoms with Gasteiger partial charge in [-0.25, -0.2) is 4.79 Å². The summed E-state index contributed by atoms with van der Waals surface area (Å²) in [5.74, 6) is 1.20. The zero-order chi connectivity index (χ0) is 23.0. The Morgan fingerprint density at radius 1 is 1.12 bits per heavy atom. The number of hydrogen-bond donors (Lipinski definition) is 2. The average Bonchev–Trinajstić information content (AvgIpc) is 3.49. The van der Waals surface area contributed by atoms with E-state index in [2.05, 4.69) is 20.8 Å². The first-order valence-electron chi connectivity index (χ1n) is 11.5. The van der Waals surface area contributed by atoms with E-state index in [0.29, 0.717) is 17.5 Å². The van der Waals surface area contributed by atoms with Gasteiger partial charge in [0.05, 0.1) is 25.5 Å². The molecular weight excluding hydrogens is 442 g/mol. The molecule has 9 nitrogen and oxygen atoms in total. The summed E-state index contributed by atoms with van der Waals surface area (Å²) in [4.78, 5) is 24.5. The van der Waals surface area contributed by atoms with Crippen LogP contribution in [0.1, 0.15) is 44.9 Å². The smallest absolute Gasteiger partial charge is 0.321 e. The maximum absolute atomic E-state index is 12.4. The highest BCUT2D eigenvalue weighted by Gasteiger charge is 2.23. The lowest BCUT2D eigenvalue weighted by atomic mass is 9.96. The second kappa shape index (κ2) is 11.5. The molecule has 1 aliphatic heterocycles. The van der Waals surface area contributed by atoms with E-state index in [9.17, 15) is 9.59 Å². The van der Waals surface area contributed by atoms with Gasteiger partial charge in [-0.05, 0) is 49.9 Å². The van der Waals surface area contributed by atoms with Crippen molar-refractivity contribution >= 4 is 23.7 Å². The summed E-state index contributed by atoms with van der Waals surface area (Å²) >= 11 is 1.27. The van der Waals surface area contributed by atoms with Gasteiger partial charge in [0.2, 0.25) is 5.91 Å². The fourth-order valence-corrected chi connectivity index (χ4v) is 5.01. The lowest BCUT2D eigenvalue weighted by molar-refractivity contribution is -0.117. The Kier molecular flexibility index (Phi) is 8.22. The second-order valence-corrected chi connectivity index (χ2v) is 9.37. The Bertz CT molecular complexity index is 937. The first-order valence-corrected chi connectivity index (χ1v) is 12.5. The molecule has 1 unspecified atom stereocenters. The summed E-state index contributed by atoms with van der Waals surface area (Å²) < 4.78 is 13.1. The highest BCUT2D eigenvalue weighted by molar-refractivity contribution is 7.99. The number of rotatable bonds is 8. The summed E-state index contributed by atoms with van der Waals surface area (Å²) in [5, 5.41) is 14.7. The number of methoxy groups -OCH3 is 1. The molecule has 1 aromatic heterocycles. The maximum atomic E-state index is 12.4.